The van der Waals surface area contributed by atoms with E-state index in [4.69, 9.17) is 0 Å². The summed E-state index contributed by atoms with van der Waals surface area (Å²) in [7, 11) is 0. The molecule has 1 aliphatic carbocycles. The van der Waals surface area contributed by atoms with E-state index in [0.717, 1.165) is 17.9 Å². The zero-order valence-electron chi connectivity index (χ0n) is 15.0. The number of rotatable bonds is 9. The predicted octanol–water partition coefficient (Wildman–Crippen LogP) is 4.45. The van der Waals surface area contributed by atoms with Gasteiger partial charge in [-0.1, -0.05) is 47.0 Å². The Bertz CT molecular complexity index is 294. The van der Waals surface area contributed by atoms with Crippen molar-refractivity contribution >= 4 is 0 Å². The Kier molecular flexibility index (Phi) is 6.55. The van der Waals surface area contributed by atoms with Crippen molar-refractivity contribution in [2.45, 2.75) is 90.6 Å². The van der Waals surface area contributed by atoms with Crippen LogP contribution in [0, 0.1) is 11.8 Å². The van der Waals surface area contributed by atoms with Crippen molar-refractivity contribution in [3.8, 4) is 0 Å². The van der Waals surface area contributed by atoms with Gasteiger partial charge >= 0.3 is 0 Å². The summed E-state index contributed by atoms with van der Waals surface area (Å²) in [5.41, 5.74) is 0.383. The summed E-state index contributed by atoms with van der Waals surface area (Å²) in [6.07, 6.45) is 11.0. The van der Waals surface area contributed by atoms with Gasteiger partial charge in [0.2, 0.25) is 0 Å². The van der Waals surface area contributed by atoms with Crippen LogP contribution in [0.4, 0.5) is 0 Å². The first-order valence-corrected chi connectivity index (χ1v) is 9.67. The van der Waals surface area contributed by atoms with Crippen LogP contribution in [0.25, 0.3) is 0 Å². The van der Waals surface area contributed by atoms with E-state index in [1.807, 2.05) is 0 Å². The van der Waals surface area contributed by atoms with E-state index >= 15 is 0 Å². The Labute approximate surface area is 133 Å². The molecule has 2 rings (SSSR count). The molecule has 0 spiro atoms. The highest BCUT2D eigenvalue weighted by Crippen LogP contribution is 2.38. The SMILES string of the molecule is CCCCC(CC)CN1CC(CC)(CC)NCC1C1CC1. The molecule has 2 atom stereocenters. The molecular formula is C19H38N2. The summed E-state index contributed by atoms with van der Waals surface area (Å²) >= 11 is 0. The maximum absolute atomic E-state index is 3.93. The molecule has 2 fully saturated rings. The second kappa shape index (κ2) is 7.97. The number of piperazine rings is 1. The van der Waals surface area contributed by atoms with Crippen LogP contribution in [0.15, 0.2) is 0 Å². The molecule has 2 aliphatic rings. The molecule has 2 heteroatoms. The highest BCUT2D eigenvalue weighted by molar-refractivity contribution is 5.01. The third kappa shape index (κ3) is 4.45. The molecule has 1 aliphatic heterocycles. The minimum Gasteiger partial charge on any atom is -0.308 e. The number of unbranched alkanes of at least 4 members (excludes halogenated alkanes) is 1. The second-order valence-corrected chi connectivity index (χ2v) is 7.62. The van der Waals surface area contributed by atoms with Gasteiger partial charge in [0, 0.05) is 31.2 Å². The quantitative estimate of drug-likeness (QED) is 0.676. The van der Waals surface area contributed by atoms with E-state index in [0.29, 0.717) is 5.54 Å². The first-order chi connectivity index (χ1) is 10.2. The van der Waals surface area contributed by atoms with E-state index in [2.05, 4.69) is 37.9 Å². The van der Waals surface area contributed by atoms with Gasteiger partial charge in [-0.3, -0.25) is 4.90 Å². The van der Waals surface area contributed by atoms with Gasteiger partial charge in [-0.15, -0.1) is 0 Å². The lowest BCUT2D eigenvalue weighted by Gasteiger charge is -2.49. The molecule has 0 aromatic heterocycles. The number of nitrogens with zero attached hydrogens (tertiary/aromatic N) is 1. The lowest BCUT2D eigenvalue weighted by atomic mass is 9.86. The molecule has 1 saturated carbocycles. The van der Waals surface area contributed by atoms with Crippen molar-refractivity contribution < 1.29 is 0 Å². The maximum atomic E-state index is 3.93. The Morgan fingerprint density at radius 1 is 1.14 bits per heavy atom. The third-order valence-electron chi connectivity index (χ3n) is 6.22. The molecule has 124 valence electrons. The highest BCUT2D eigenvalue weighted by atomic mass is 15.3. The highest BCUT2D eigenvalue weighted by Gasteiger charge is 2.43. The fourth-order valence-electron chi connectivity index (χ4n) is 4.13. The molecule has 0 bridgehead atoms. The van der Waals surface area contributed by atoms with Crippen LogP contribution in [0.1, 0.15) is 79.1 Å². The van der Waals surface area contributed by atoms with Crippen molar-refractivity contribution in [1.82, 2.24) is 10.2 Å². The molecule has 2 nitrogen and oxygen atoms in total. The predicted molar refractivity (Wildman–Crippen MR) is 92.7 cm³/mol. The van der Waals surface area contributed by atoms with Gasteiger partial charge in [0.15, 0.2) is 0 Å². The lowest BCUT2D eigenvalue weighted by molar-refractivity contribution is 0.0470. The molecular weight excluding hydrogens is 256 g/mol. The van der Waals surface area contributed by atoms with Gasteiger partial charge in [-0.25, -0.2) is 0 Å². The van der Waals surface area contributed by atoms with E-state index in [-0.39, 0.29) is 0 Å². The fourth-order valence-corrected chi connectivity index (χ4v) is 4.13. The van der Waals surface area contributed by atoms with Gasteiger partial charge in [0.1, 0.15) is 0 Å². The Morgan fingerprint density at radius 3 is 2.38 bits per heavy atom. The summed E-state index contributed by atoms with van der Waals surface area (Å²) < 4.78 is 0. The van der Waals surface area contributed by atoms with Crippen LogP contribution in [-0.4, -0.2) is 36.1 Å². The number of hydrogen-bond donors (Lipinski definition) is 1. The zero-order chi connectivity index (χ0) is 15.3. The van der Waals surface area contributed by atoms with Crippen molar-refractivity contribution in [3.63, 3.8) is 0 Å². The smallest absolute Gasteiger partial charge is 0.0304 e. The van der Waals surface area contributed by atoms with Crippen molar-refractivity contribution in [2.75, 3.05) is 19.6 Å². The van der Waals surface area contributed by atoms with Crippen molar-refractivity contribution in [3.05, 3.63) is 0 Å². The van der Waals surface area contributed by atoms with Crippen LogP contribution in [0.2, 0.25) is 0 Å². The summed E-state index contributed by atoms with van der Waals surface area (Å²) in [5.74, 6) is 1.91. The third-order valence-corrected chi connectivity index (χ3v) is 6.22. The van der Waals surface area contributed by atoms with Crippen LogP contribution in [0.5, 0.6) is 0 Å². The molecule has 0 aromatic carbocycles. The first-order valence-electron chi connectivity index (χ1n) is 9.67. The normalized spacial score (nSPS) is 27.7. The van der Waals surface area contributed by atoms with Gasteiger partial charge in [0.25, 0.3) is 0 Å². The van der Waals surface area contributed by atoms with Crippen LogP contribution < -0.4 is 5.32 Å². The molecule has 1 heterocycles. The minimum absolute atomic E-state index is 0.383. The van der Waals surface area contributed by atoms with E-state index in [1.54, 1.807) is 0 Å². The van der Waals surface area contributed by atoms with Gasteiger partial charge < -0.3 is 5.32 Å². The van der Waals surface area contributed by atoms with E-state index < -0.39 is 0 Å². The average Bonchev–Trinajstić information content (AvgIpc) is 3.35. The van der Waals surface area contributed by atoms with Gasteiger partial charge in [-0.05, 0) is 43.9 Å². The number of hydrogen-bond acceptors (Lipinski definition) is 2. The van der Waals surface area contributed by atoms with Gasteiger partial charge in [0.05, 0.1) is 0 Å². The zero-order valence-corrected chi connectivity index (χ0v) is 15.0. The molecule has 0 radical (unpaired) electrons. The molecule has 1 N–H and O–H groups in total. The maximum Gasteiger partial charge on any atom is 0.0304 e. The summed E-state index contributed by atoms with van der Waals surface area (Å²) in [6.45, 7) is 13.3. The van der Waals surface area contributed by atoms with Crippen molar-refractivity contribution in [2.24, 2.45) is 11.8 Å². The fraction of sp³-hybridized carbons (Fsp3) is 1.00. The van der Waals surface area contributed by atoms with Gasteiger partial charge in [-0.2, -0.15) is 0 Å². The Morgan fingerprint density at radius 2 is 1.86 bits per heavy atom. The molecule has 0 amide bonds. The lowest BCUT2D eigenvalue weighted by Crippen LogP contribution is -2.64. The van der Waals surface area contributed by atoms with E-state index in [9.17, 15) is 0 Å². The Balaban J connectivity index is 1.99. The molecule has 0 aromatic rings. The van der Waals surface area contributed by atoms with Crippen LogP contribution in [-0.2, 0) is 0 Å². The molecule has 21 heavy (non-hydrogen) atoms. The average molecular weight is 295 g/mol. The monoisotopic (exact) mass is 294 g/mol. The van der Waals surface area contributed by atoms with Crippen LogP contribution >= 0.6 is 0 Å². The minimum atomic E-state index is 0.383. The first kappa shape index (κ1) is 17.3. The van der Waals surface area contributed by atoms with E-state index in [1.165, 1.54) is 71.0 Å². The van der Waals surface area contributed by atoms with Crippen LogP contribution in [0.3, 0.4) is 0 Å². The Hall–Kier alpha value is -0.0800. The summed E-state index contributed by atoms with van der Waals surface area (Å²) in [5, 5.41) is 3.93. The summed E-state index contributed by atoms with van der Waals surface area (Å²) in [4.78, 5) is 2.89. The number of nitrogens with one attached hydrogen (secondary N) is 1. The molecule has 2 unspecified atom stereocenters. The standard InChI is InChI=1S/C19H38N2/c1-5-9-10-16(6-2)14-21-15-19(7-3,8-4)20-13-18(21)17-11-12-17/h16-18,20H,5-15H2,1-4H3. The topological polar surface area (TPSA) is 15.3 Å². The summed E-state index contributed by atoms with van der Waals surface area (Å²) in [6, 6.07) is 0.826. The largest absolute Gasteiger partial charge is 0.308 e. The molecule has 1 saturated heterocycles. The second-order valence-electron chi connectivity index (χ2n) is 7.62. The van der Waals surface area contributed by atoms with Crippen molar-refractivity contribution in [1.29, 1.82) is 0 Å².